The van der Waals surface area contributed by atoms with Crippen molar-refractivity contribution < 1.29 is 0 Å². The standard InChI is InChI=1S/C45H40N2/c1-45(34-28-26-33(27-29-34)32-15-4-2-5-16-32)30-14-19-36(31-45)46-40-23-11-8-20-37(40)43-38-21-9-12-24-41(38)47(35-17-6-3-7-18-35)44(43)39-22-10-13-25-42(39)46/h2-4,6-8,10-15,17-20,22-26,28-29,31,33H,5,9,16,21,27,30H2,1H3. The number of benzene rings is 3. The SMILES string of the molecule is CC1(C2=CCC(C3=CC=CCC3)C=C2)C=C(N2c3ccccc3-c3c4c(n(-c5ccccc5)c3-c3ccccc32)C=CCC4)C=CC1. The van der Waals surface area contributed by atoms with Crippen molar-refractivity contribution in [1.82, 2.24) is 4.57 Å². The first kappa shape index (κ1) is 28.2. The summed E-state index contributed by atoms with van der Waals surface area (Å²) >= 11 is 0. The van der Waals surface area contributed by atoms with Crippen LogP contribution in [0, 0.1) is 11.3 Å². The fourth-order valence-electron chi connectivity index (χ4n) is 8.48. The normalized spacial score (nSPS) is 22.4. The van der Waals surface area contributed by atoms with Crippen LogP contribution in [0.4, 0.5) is 11.4 Å². The van der Waals surface area contributed by atoms with Crippen molar-refractivity contribution in [3.05, 3.63) is 168 Å². The molecule has 2 nitrogen and oxygen atoms in total. The number of rotatable bonds is 4. The van der Waals surface area contributed by atoms with E-state index in [1.807, 2.05) is 0 Å². The van der Waals surface area contributed by atoms with Crippen LogP contribution in [0.3, 0.4) is 0 Å². The molecule has 1 aliphatic heterocycles. The maximum Gasteiger partial charge on any atom is 0.0637 e. The molecule has 2 heterocycles. The van der Waals surface area contributed by atoms with E-state index in [0.717, 1.165) is 32.1 Å². The van der Waals surface area contributed by atoms with Gasteiger partial charge < -0.3 is 9.47 Å². The van der Waals surface area contributed by atoms with Crippen LogP contribution in [-0.4, -0.2) is 4.57 Å². The Labute approximate surface area is 278 Å². The summed E-state index contributed by atoms with van der Waals surface area (Å²) in [5.74, 6) is 0.522. The molecule has 2 unspecified atom stereocenters. The second-order valence-electron chi connectivity index (χ2n) is 13.7. The van der Waals surface area contributed by atoms with Gasteiger partial charge in [-0.3, -0.25) is 0 Å². The highest BCUT2D eigenvalue weighted by Gasteiger charge is 2.36. The van der Waals surface area contributed by atoms with E-state index in [4.69, 9.17) is 0 Å². The Morgan fingerprint density at radius 3 is 2.30 bits per heavy atom. The summed E-state index contributed by atoms with van der Waals surface area (Å²) in [5.41, 5.74) is 15.8. The third kappa shape index (κ3) is 4.61. The first-order valence-electron chi connectivity index (χ1n) is 17.3. The van der Waals surface area contributed by atoms with E-state index < -0.39 is 0 Å². The molecule has 9 rings (SSSR count). The number of fused-ring (bicyclic) bond motifs is 7. The summed E-state index contributed by atoms with van der Waals surface area (Å²) in [6, 6.07) is 29.0. The molecule has 47 heavy (non-hydrogen) atoms. The van der Waals surface area contributed by atoms with Gasteiger partial charge in [-0.2, -0.15) is 0 Å². The number of hydrogen-bond acceptors (Lipinski definition) is 1. The Bertz CT molecular complexity index is 2110. The monoisotopic (exact) mass is 608 g/mol. The molecule has 1 aromatic heterocycles. The van der Waals surface area contributed by atoms with Gasteiger partial charge in [0.05, 0.1) is 17.1 Å². The molecule has 4 aromatic rings. The number of hydrogen-bond donors (Lipinski definition) is 0. The summed E-state index contributed by atoms with van der Waals surface area (Å²) < 4.78 is 2.51. The van der Waals surface area contributed by atoms with E-state index in [1.54, 1.807) is 5.57 Å². The molecule has 0 amide bonds. The molecule has 2 heteroatoms. The third-order valence-corrected chi connectivity index (χ3v) is 10.8. The minimum atomic E-state index is -0.0846. The lowest BCUT2D eigenvalue weighted by Gasteiger charge is -2.36. The summed E-state index contributed by atoms with van der Waals surface area (Å²) in [5, 5.41) is 0. The van der Waals surface area contributed by atoms with Crippen molar-refractivity contribution in [3.8, 4) is 28.1 Å². The molecule has 4 aliphatic carbocycles. The van der Waals surface area contributed by atoms with Gasteiger partial charge in [-0.1, -0.05) is 116 Å². The predicted octanol–water partition coefficient (Wildman–Crippen LogP) is 11.9. The summed E-state index contributed by atoms with van der Waals surface area (Å²) in [4.78, 5) is 2.54. The van der Waals surface area contributed by atoms with Gasteiger partial charge in [0.15, 0.2) is 0 Å². The number of allylic oxidation sites excluding steroid dienone is 12. The fraction of sp³-hybridized carbons (Fsp3) is 0.200. The van der Waals surface area contributed by atoms with E-state index in [2.05, 4.69) is 162 Å². The molecule has 5 aliphatic rings. The Morgan fingerprint density at radius 2 is 1.51 bits per heavy atom. The van der Waals surface area contributed by atoms with Crippen LogP contribution in [0.1, 0.15) is 50.3 Å². The smallest absolute Gasteiger partial charge is 0.0637 e. The van der Waals surface area contributed by atoms with E-state index in [1.165, 1.54) is 68.4 Å². The number of para-hydroxylation sites is 3. The van der Waals surface area contributed by atoms with Gasteiger partial charge in [-0.05, 0) is 92.2 Å². The lowest BCUT2D eigenvalue weighted by Crippen LogP contribution is -2.25. The molecule has 0 saturated heterocycles. The molecule has 3 aromatic carbocycles. The first-order chi connectivity index (χ1) is 23.2. The van der Waals surface area contributed by atoms with E-state index in [0.29, 0.717) is 5.92 Å². The highest BCUT2D eigenvalue weighted by atomic mass is 15.2. The molecule has 0 saturated carbocycles. The van der Waals surface area contributed by atoms with Gasteiger partial charge >= 0.3 is 0 Å². The second kappa shape index (κ2) is 11.3. The number of anilines is 2. The summed E-state index contributed by atoms with van der Waals surface area (Å²) in [7, 11) is 0. The topological polar surface area (TPSA) is 8.17 Å². The Morgan fingerprint density at radius 1 is 0.745 bits per heavy atom. The van der Waals surface area contributed by atoms with Crippen LogP contribution in [0.25, 0.3) is 34.1 Å². The number of aromatic nitrogens is 1. The third-order valence-electron chi connectivity index (χ3n) is 10.8. The van der Waals surface area contributed by atoms with Crippen molar-refractivity contribution in [3.63, 3.8) is 0 Å². The van der Waals surface area contributed by atoms with Crippen molar-refractivity contribution in [1.29, 1.82) is 0 Å². The minimum absolute atomic E-state index is 0.0846. The molecule has 0 N–H and O–H groups in total. The van der Waals surface area contributed by atoms with E-state index in [-0.39, 0.29) is 5.41 Å². The van der Waals surface area contributed by atoms with Crippen molar-refractivity contribution in [2.75, 3.05) is 4.90 Å². The highest BCUT2D eigenvalue weighted by molar-refractivity contribution is 6.03. The van der Waals surface area contributed by atoms with Gasteiger partial charge in [0.25, 0.3) is 0 Å². The summed E-state index contributed by atoms with van der Waals surface area (Å²) in [6.45, 7) is 2.42. The molecular weight excluding hydrogens is 569 g/mol. The van der Waals surface area contributed by atoms with Crippen LogP contribution >= 0.6 is 0 Å². The fourth-order valence-corrected chi connectivity index (χ4v) is 8.48. The molecule has 0 spiro atoms. The second-order valence-corrected chi connectivity index (χ2v) is 13.7. The largest absolute Gasteiger partial charge is 0.309 e. The molecule has 230 valence electrons. The number of nitrogens with zero attached hydrogens (tertiary/aromatic N) is 2. The molecule has 0 bridgehead atoms. The first-order valence-corrected chi connectivity index (χ1v) is 17.3. The Balaban J connectivity index is 1.21. The maximum absolute atomic E-state index is 2.54. The molecule has 2 atom stereocenters. The van der Waals surface area contributed by atoms with Gasteiger partial charge in [-0.25, -0.2) is 0 Å². The van der Waals surface area contributed by atoms with Crippen LogP contribution < -0.4 is 4.90 Å². The van der Waals surface area contributed by atoms with Crippen LogP contribution in [0.5, 0.6) is 0 Å². The van der Waals surface area contributed by atoms with Gasteiger partial charge in [0.1, 0.15) is 0 Å². The maximum atomic E-state index is 2.54. The zero-order valence-corrected chi connectivity index (χ0v) is 27.1. The highest BCUT2D eigenvalue weighted by Crippen LogP contribution is 2.54. The zero-order valence-electron chi connectivity index (χ0n) is 27.1. The van der Waals surface area contributed by atoms with Gasteiger partial charge in [0.2, 0.25) is 0 Å². The summed E-state index contributed by atoms with van der Waals surface area (Å²) in [6.07, 6.45) is 32.7. The van der Waals surface area contributed by atoms with Crippen LogP contribution in [0.2, 0.25) is 0 Å². The van der Waals surface area contributed by atoms with Crippen molar-refractivity contribution in [2.45, 2.75) is 45.4 Å². The Kier molecular flexibility index (Phi) is 6.78. The van der Waals surface area contributed by atoms with E-state index >= 15 is 0 Å². The molecule has 0 fully saturated rings. The average Bonchev–Trinajstić information content (AvgIpc) is 3.42. The lowest BCUT2D eigenvalue weighted by atomic mass is 9.72. The zero-order chi connectivity index (χ0) is 31.4. The van der Waals surface area contributed by atoms with Crippen LogP contribution in [0.15, 0.2) is 156 Å². The van der Waals surface area contributed by atoms with Gasteiger partial charge in [-0.15, -0.1) is 0 Å². The minimum Gasteiger partial charge on any atom is -0.309 e. The lowest BCUT2D eigenvalue weighted by molar-refractivity contribution is 0.515. The van der Waals surface area contributed by atoms with Gasteiger partial charge in [0, 0.05) is 45.1 Å². The van der Waals surface area contributed by atoms with Crippen molar-refractivity contribution in [2.24, 2.45) is 11.3 Å². The van der Waals surface area contributed by atoms with Crippen LogP contribution in [-0.2, 0) is 6.42 Å². The average molecular weight is 609 g/mol. The predicted molar refractivity (Wildman–Crippen MR) is 198 cm³/mol. The Hall–Kier alpha value is -5.08. The van der Waals surface area contributed by atoms with Crippen molar-refractivity contribution >= 4 is 17.5 Å². The quantitative estimate of drug-likeness (QED) is 0.224. The van der Waals surface area contributed by atoms with E-state index in [9.17, 15) is 0 Å². The molecular formula is C45H40N2. The molecule has 0 radical (unpaired) electrons.